The fraction of sp³-hybridized carbons (Fsp3) is 0.429. The Bertz CT molecular complexity index is 796. The van der Waals surface area contributed by atoms with Crippen LogP contribution in [0.3, 0.4) is 0 Å². The molecule has 0 amide bonds. The Labute approximate surface area is 133 Å². The van der Waals surface area contributed by atoms with Crippen LogP contribution in [-0.2, 0) is 14.8 Å². The van der Waals surface area contributed by atoms with E-state index in [4.69, 9.17) is 0 Å². The van der Waals surface area contributed by atoms with E-state index in [1.165, 1.54) is 23.5 Å². The lowest BCUT2D eigenvalue weighted by Crippen LogP contribution is -2.48. The zero-order chi connectivity index (χ0) is 16.5. The van der Waals surface area contributed by atoms with Gasteiger partial charge >= 0.3 is 0 Å². The van der Waals surface area contributed by atoms with Gasteiger partial charge < -0.3 is 9.90 Å². The number of fused-ring (bicyclic) bond motifs is 1. The molecule has 120 valence electrons. The summed E-state index contributed by atoms with van der Waals surface area (Å²) in [7, 11) is -3.92. The topological polar surface area (TPSA) is 99.2 Å². The second-order valence-corrected chi connectivity index (χ2v) is 8.43. The van der Waals surface area contributed by atoms with Gasteiger partial charge in [-0.05, 0) is 37.5 Å². The lowest BCUT2D eigenvalue weighted by atomic mass is 10.1. The van der Waals surface area contributed by atoms with Gasteiger partial charge in [-0.1, -0.05) is 13.8 Å². The van der Waals surface area contributed by atoms with Crippen LogP contribution in [0.15, 0.2) is 23.1 Å². The quantitative estimate of drug-likeness (QED) is 0.846. The van der Waals surface area contributed by atoms with Crippen molar-refractivity contribution in [3.05, 3.63) is 23.2 Å². The molecule has 22 heavy (non-hydrogen) atoms. The molecular weight excluding hydrogens is 324 g/mol. The number of aromatic nitrogens is 1. The number of carboxylic acid groups (broad SMARTS) is 1. The standard InChI is InChI=1S/C14H18N2O4S2/c1-8(2)6-12(14(17)18)16-22(19,20)10-4-5-11-13(7-10)21-9(3)15-11/h4-5,7-8,12,16H,6H2,1-3H3,(H,17,18)/p-1. The SMILES string of the molecule is Cc1nc2ccc(S(=O)(=O)NC(CC(C)C)C(=O)[O-])cc2s1. The minimum absolute atomic E-state index is 0.0252. The van der Waals surface area contributed by atoms with Gasteiger partial charge in [-0.3, -0.25) is 0 Å². The van der Waals surface area contributed by atoms with E-state index in [1.54, 1.807) is 6.07 Å². The molecule has 0 radical (unpaired) electrons. The van der Waals surface area contributed by atoms with E-state index < -0.39 is 22.0 Å². The van der Waals surface area contributed by atoms with Crippen molar-refractivity contribution in [2.45, 2.75) is 38.1 Å². The molecule has 1 unspecified atom stereocenters. The molecule has 1 atom stereocenters. The summed E-state index contributed by atoms with van der Waals surface area (Å²) in [6, 6.07) is 3.29. The van der Waals surface area contributed by atoms with Crippen molar-refractivity contribution in [3.8, 4) is 0 Å². The van der Waals surface area contributed by atoms with Crippen molar-refractivity contribution < 1.29 is 18.3 Å². The second-order valence-electron chi connectivity index (χ2n) is 5.48. The summed E-state index contributed by atoms with van der Waals surface area (Å²) in [5, 5.41) is 12.0. The normalized spacial score (nSPS) is 13.6. The Balaban J connectivity index is 2.32. The molecule has 0 bridgehead atoms. The van der Waals surface area contributed by atoms with Crippen LogP contribution >= 0.6 is 11.3 Å². The van der Waals surface area contributed by atoms with Crippen LogP contribution in [0.4, 0.5) is 0 Å². The molecule has 1 heterocycles. The third-order valence-electron chi connectivity index (χ3n) is 3.07. The molecule has 0 aliphatic rings. The number of carbonyl (C=O) groups excluding carboxylic acids is 1. The first-order chi connectivity index (χ1) is 10.2. The lowest BCUT2D eigenvalue weighted by Gasteiger charge is -2.21. The van der Waals surface area contributed by atoms with E-state index in [0.717, 1.165) is 15.2 Å². The van der Waals surface area contributed by atoms with Gasteiger partial charge in [0.25, 0.3) is 0 Å². The van der Waals surface area contributed by atoms with Crippen molar-refractivity contribution in [2.24, 2.45) is 5.92 Å². The average molecular weight is 341 g/mol. The number of thiazole rings is 1. The van der Waals surface area contributed by atoms with Crippen LogP contribution in [0.1, 0.15) is 25.3 Å². The van der Waals surface area contributed by atoms with E-state index >= 15 is 0 Å². The largest absolute Gasteiger partial charge is 0.548 e. The first-order valence-electron chi connectivity index (χ1n) is 6.79. The number of carboxylic acids is 1. The molecule has 1 aromatic heterocycles. The molecule has 0 aliphatic heterocycles. The first kappa shape index (κ1) is 16.9. The van der Waals surface area contributed by atoms with Gasteiger partial charge in [0.1, 0.15) is 0 Å². The molecule has 1 aromatic carbocycles. The summed E-state index contributed by atoms with van der Waals surface area (Å²) in [6.45, 7) is 5.47. The Morgan fingerprint density at radius 2 is 2.09 bits per heavy atom. The van der Waals surface area contributed by atoms with E-state index in [-0.39, 0.29) is 17.2 Å². The maximum Gasteiger partial charge on any atom is 0.241 e. The van der Waals surface area contributed by atoms with Gasteiger partial charge in [0.05, 0.1) is 32.1 Å². The average Bonchev–Trinajstić information content (AvgIpc) is 2.75. The van der Waals surface area contributed by atoms with Gasteiger partial charge in [-0.25, -0.2) is 18.1 Å². The van der Waals surface area contributed by atoms with Crippen LogP contribution in [0.5, 0.6) is 0 Å². The number of nitrogens with zero attached hydrogens (tertiary/aromatic N) is 1. The maximum absolute atomic E-state index is 12.4. The summed E-state index contributed by atoms with van der Waals surface area (Å²) in [4.78, 5) is 15.4. The zero-order valence-corrected chi connectivity index (χ0v) is 14.1. The fourth-order valence-corrected chi connectivity index (χ4v) is 4.27. The molecular formula is C14H17N2O4S2-. The number of benzene rings is 1. The lowest BCUT2D eigenvalue weighted by molar-refractivity contribution is -0.308. The molecule has 0 fully saturated rings. The number of sulfonamides is 1. The number of hydrogen-bond acceptors (Lipinski definition) is 6. The zero-order valence-electron chi connectivity index (χ0n) is 12.5. The summed E-state index contributed by atoms with van der Waals surface area (Å²) in [5.74, 6) is -1.40. The molecule has 0 saturated heterocycles. The second kappa shape index (κ2) is 6.31. The highest BCUT2D eigenvalue weighted by Crippen LogP contribution is 2.24. The molecule has 1 N–H and O–H groups in total. The van der Waals surface area contributed by atoms with Gasteiger partial charge in [0.15, 0.2) is 0 Å². The maximum atomic E-state index is 12.4. The number of nitrogens with one attached hydrogen (secondary N) is 1. The van der Waals surface area contributed by atoms with Gasteiger partial charge in [-0.2, -0.15) is 0 Å². The molecule has 2 rings (SSSR count). The van der Waals surface area contributed by atoms with Crippen LogP contribution in [0, 0.1) is 12.8 Å². The summed E-state index contributed by atoms with van der Waals surface area (Å²) < 4.78 is 27.7. The highest BCUT2D eigenvalue weighted by molar-refractivity contribution is 7.89. The summed E-state index contributed by atoms with van der Waals surface area (Å²) >= 11 is 1.39. The van der Waals surface area contributed by atoms with Crippen LogP contribution in [0.25, 0.3) is 10.2 Å². The smallest absolute Gasteiger partial charge is 0.241 e. The van der Waals surface area contributed by atoms with Gasteiger partial charge in [0, 0.05) is 0 Å². The third kappa shape index (κ3) is 3.82. The van der Waals surface area contributed by atoms with E-state index in [1.807, 2.05) is 20.8 Å². The first-order valence-corrected chi connectivity index (χ1v) is 9.09. The predicted molar refractivity (Wildman–Crippen MR) is 82.9 cm³/mol. The Kier molecular flexibility index (Phi) is 4.84. The van der Waals surface area contributed by atoms with Crippen molar-refractivity contribution in [1.82, 2.24) is 9.71 Å². The van der Waals surface area contributed by atoms with Gasteiger partial charge in [-0.15, -0.1) is 11.3 Å². The number of rotatable bonds is 6. The van der Waals surface area contributed by atoms with E-state index in [0.29, 0.717) is 0 Å². The summed E-state index contributed by atoms with van der Waals surface area (Å²) in [5.41, 5.74) is 0.722. The molecule has 0 saturated carbocycles. The highest BCUT2D eigenvalue weighted by atomic mass is 32.2. The Hall–Kier alpha value is -1.51. The fourth-order valence-electron chi connectivity index (χ4n) is 2.11. The van der Waals surface area contributed by atoms with Crippen molar-refractivity contribution >= 4 is 37.5 Å². The van der Waals surface area contributed by atoms with E-state index in [2.05, 4.69) is 9.71 Å². The minimum Gasteiger partial charge on any atom is -0.548 e. The van der Waals surface area contributed by atoms with E-state index in [9.17, 15) is 18.3 Å². The predicted octanol–water partition coefficient (Wildman–Crippen LogP) is 1.05. The number of aliphatic carboxylic acids is 1. The van der Waals surface area contributed by atoms with Crippen LogP contribution in [-0.4, -0.2) is 25.4 Å². The van der Waals surface area contributed by atoms with Gasteiger partial charge in [0.2, 0.25) is 10.0 Å². The molecule has 2 aromatic rings. The minimum atomic E-state index is -3.92. The number of carbonyl (C=O) groups is 1. The van der Waals surface area contributed by atoms with Crippen LogP contribution < -0.4 is 9.83 Å². The van der Waals surface area contributed by atoms with Crippen molar-refractivity contribution in [1.29, 1.82) is 0 Å². The molecule has 0 aliphatic carbocycles. The third-order valence-corrected chi connectivity index (χ3v) is 5.47. The molecule has 8 heteroatoms. The Morgan fingerprint density at radius 3 is 2.68 bits per heavy atom. The van der Waals surface area contributed by atoms with Crippen molar-refractivity contribution in [2.75, 3.05) is 0 Å². The monoisotopic (exact) mass is 341 g/mol. The van der Waals surface area contributed by atoms with Crippen molar-refractivity contribution in [3.63, 3.8) is 0 Å². The highest BCUT2D eigenvalue weighted by Gasteiger charge is 2.22. The molecule has 6 nitrogen and oxygen atoms in total. The Morgan fingerprint density at radius 1 is 1.41 bits per heavy atom. The molecule has 0 spiro atoms. The van der Waals surface area contributed by atoms with Crippen LogP contribution in [0.2, 0.25) is 0 Å². The number of hydrogen-bond donors (Lipinski definition) is 1. The number of aryl methyl sites for hydroxylation is 1. The summed E-state index contributed by atoms with van der Waals surface area (Å²) in [6.07, 6.45) is 0.170.